The van der Waals surface area contributed by atoms with Crippen molar-refractivity contribution in [3.8, 4) is 0 Å². The summed E-state index contributed by atoms with van der Waals surface area (Å²) in [6.07, 6.45) is 5.23. The lowest BCUT2D eigenvalue weighted by Crippen LogP contribution is -2.42. The number of allylic oxidation sites excluding steroid dienone is 1. The van der Waals surface area contributed by atoms with Crippen LogP contribution in [-0.4, -0.2) is 34.7 Å². The van der Waals surface area contributed by atoms with E-state index in [0.29, 0.717) is 30.7 Å². The highest BCUT2D eigenvalue weighted by atomic mass is 16.3. The zero-order valence-electron chi connectivity index (χ0n) is 20.4. The third-order valence-electron chi connectivity index (χ3n) is 6.62. The van der Waals surface area contributed by atoms with E-state index in [1.807, 2.05) is 48.2 Å². The molecule has 8 nitrogen and oxygen atoms in total. The molecule has 8 heteroatoms. The van der Waals surface area contributed by atoms with Crippen LogP contribution < -0.4 is 15.5 Å². The van der Waals surface area contributed by atoms with Gasteiger partial charge in [-0.15, -0.1) is 0 Å². The first-order valence-corrected chi connectivity index (χ1v) is 12.0. The maximum atomic E-state index is 13.6. The largest absolute Gasteiger partial charge is 0.464 e. The van der Waals surface area contributed by atoms with Crippen molar-refractivity contribution in [2.45, 2.75) is 46.1 Å². The Morgan fingerprint density at radius 3 is 2.80 bits per heavy atom. The molecule has 3 N–H and O–H groups in total. The Labute approximate surface area is 204 Å². The molecule has 0 saturated carbocycles. The number of H-pyrrole nitrogens is 1. The zero-order valence-corrected chi connectivity index (χ0v) is 20.4. The second kappa shape index (κ2) is 9.09. The number of Topliss-reactive ketones (excluding diaryl/α,β-unsaturated/α-hetero) is 1. The Kier molecular flexibility index (Phi) is 5.96. The van der Waals surface area contributed by atoms with Crippen molar-refractivity contribution in [3.05, 3.63) is 77.4 Å². The monoisotopic (exact) mass is 473 g/mol. The molecule has 5 rings (SSSR count). The van der Waals surface area contributed by atoms with E-state index in [2.05, 4.69) is 34.4 Å². The molecule has 1 amide bonds. The lowest BCUT2D eigenvalue weighted by Gasteiger charge is -2.36. The third kappa shape index (κ3) is 4.73. The molecule has 3 aromatic rings. The van der Waals surface area contributed by atoms with Crippen molar-refractivity contribution in [3.63, 3.8) is 0 Å². The van der Waals surface area contributed by atoms with Gasteiger partial charge in [-0.05, 0) is 43.0 Å². The van der Waals surface area contributed by atoms with E-state index in [4.69, 9.17) is 4.42 Å². The summed E-state index contributed by atoms with van der Waals surface area (Å²) in [4.78, 5) is 35.8. The normalized spacial score (nSPS) is 19.0. The number of furan rings is 1. The van der Waals surface area contributed by atoms with E-state index < -0.39 is 6.04 Å². The molecule has 1 aliphatic heterocycles. The number of fused-ring (bicyclic) bond motifs is 1. The van der Waals surface area contributed by atoms with Crippen LogP contribution in [0, 0.1) is 12.3 Å². The standard InChI is InChI=1S/C27H31N5O3/c1-17-8-9-23(35-17)26-25-20(12-27(2,3)13-22(25)33)31-19-6-4-5-7-21(19)32(26)15-24(34)29-11-10-18-14-28-16-30-18/h4-9,14,16,26,31H,10-13,15H2,1-3H3,(H,28,30)(H,29,34). The number of carbonyl (C=O) groups is 2. The topological polar surface area (TPSA) is 103 Å². The Balaban J connectivity index is 1.53. The fourth-order valence-electron chi connectivity index (χ4n) is 5.09. The van der Waals surface area contributed by atoms with Crippen molar-refractivity contribution in [2.24, 2.45) is 5.41 Å². The van der Waals surface area contributed by atoms with Gasteiger partial charge in [-0.1, -0.05) is 26.0 Å². The van der Waals surface area contributed by atoms with Gasteiger partial charge >= 0.3 is 0 Å². The molecule has 0 saturated heterocycles. The van der Waals surface area contributed by atoms with Crippen LogP contribution in [0.4, 0.5) is 11.4 Å². The van der Waals surface area contributed by atoms with Crippen molar-refractivity contribution in [1.29, 1.82) is 0 Å². The molecule has 182 valence electrons. The molecule has 0 bridgehead atoms. The number of hydrogen-bond acceptors (Lipinski definition) is 6. The van der Waals surface area contributed by atoms with Gasteiger partial charge in [0, 0.05) is 42.5 Å². The zero-order chi connectivity index (χ0) is 24.6. The highest BCUT2D eigenvalue weighted by molar-refractivity contribution is 6.01. The SMILES string of the molecule is Cc1ccc(C2C3=C(CC(C)(C)CC3=O)Nc3ccccc3N2CC(=O)NCCc2cnc[nH]2)o1. The van der Waals surface area contributed by atoms with Gasteiger partial charge in [0.05, 0.1) is 24.2 Å². The van der Waals surface area contributed by atoms with Crippen molar-refractivity contribution < 1.29 is 14.0 Å². The van der Waals surface area contributed by atoms with Crippen LogP contribution in [0.5, 0.6) is 0 Å². The quantitative estimate of drug-likeness (QED) is 0.494. The first-order chi connectivity index (χ1) is 16.8. The highest BCUT2D eigenvalue weighted by Crippen LogP contribution is 2.48. The van der Waals surface area contributed by atoms with Gasteiger partial charge in [0.1, 0.15) is 17.6 Å². The fraction of sp³-hybridized carbons (Fsp3) is 0.370. The molecule has 1 atom stereocenters. The summed E-state index contributed by atoms with van der Waals surface area (Å²) >= 11 is 0. The van der Waals surface area contributed by atoms with Crippen LogP contribution in [0.25, 0.3) is 0 Å². The van der Waals surface area contributed by atoms with E-state index in [9.17, 15) is 9.59 Å². The average molecular weight is 474 g/mol. The van der Waals surface area contributed by atoms with E-state index in [1.165, 1.54) is 0 Å². The number of imidazole rings is 1. The van der Waals surface area contributed by atoms with Crippen molar-refractivity contribution in [1.82, 2.24) is 15.3 Å². The summed E-state index contributed by atoms with van der Waals surface area (Å²) in [5.74, 6) is 1.38. The number of nitrogens with one attached hydrogen (secondary N) is 3. The van der Waals surface area contributed by atoms with Gasteiger partial charge < -0.3 is 24.9 Å². The smallest absolute Gasteiger partial charge is 0.239 e. The predicted octanol–water partition coefficient (Wildman–Crippen LogP) is 4.29. The van der Waals surface area contributed by atoms with Crippen LogP contribution in [0.3, 0.4) is 0 Å². The number of ketones is 1. The Morgan fingerprint density at radius 1 is 1.23 bits per heavy atom. The van der Waals surface area contributed by atoms with Crippen LogP contribution in [0.2, 0.25) is 0 Å². The lowest BCUT2D eigenvalue weighted by atomic mass is 9.74. The van der Waals surface area contributed by atoms with Gasteiger partial charge in [-0.3, -0.25) is 9.59 Å². The molecule has 0 radical (unpaired) electrons. The number of anilines is 2. The maximum absolute atomic E-state index is 13.6. The summed E-state index contributed by atoms with van der Waals surface area (Å²) in [5, 5.41) is 6.56. The van der Waals surface area contributed by atoms with Gasteiger partial charge in [-0.25, -0.2) is 4.98 Å². The molecular weight excluding hydrogens is 442 g/mol. The number of carbonyl (C=O) groups excluding carboxylic acids is 2. The van der Waals surface area contributed by atoms with E-state index in [0.717, 1.165) is 34.9 Å². The summed E-state index contributed by atoms with van der Waals surface area (Å²) in [5.41, 5.74) is 4.13. The Hall–Kier alpha value is -3.81. The molecule has 35 heavy (non-hydrogen) atoms. The van der Waals surface area contributed by atoms with Crippen molar-refractivity contribution >= 4 is 23.1 Å². The number of benzene rings is 1. The number of hydrogen-bond donors (Lipinski definition) is 3. The number of para-hydroxylation sites is 2. The second-order valence-corrected chi connectivity index (χ2v) is 10.1. The molecular formula is C27H31N5O3. The summed E-state index contributed by atoms with van der Waals surface area (Å²) < 4.78 is 6.09. The molecule has 2 aromatic heterocycles. The average Bonchev–Trinajstić information content (AvgIpc) is 3.44. The number of nitrogens with zero attached hydrogens (tertiary/aromatic N) is 2. The Morgan fingerprint density at radius 2 is 2.06 bits per heavy atom. The minimum absolute atomic E-state index is 0.0829. The van der Waals surface area contributed by atoms with Crippen LogP contribution in [0.15, 0.2) is 64.6 Å². The first-order valence-electron chi connectivity index (χ1n) is 12.0. The number of aromatic amines is 1. The molecule has 0 spiro atoms. The molecule has 0 fully saturated rings. The van der Waals surface area contributed by atoms with Crippen LogP contribution in [-0.2, 0) is 16.0 Å². The maximum Gasteiger partial charge on any atom is 0.239 e. The van der Waals surface area contributed by atoms with Crippen LogP contribution >= 0.6 is 0 Å². The Bertz CT molecular complexity index is 1270. The van der Waals surface area contributed by atoms with Crippen LogP contribution in [0.1, 0.15) is 49.9 Å². The van der Waals surface area contributed by atoms with Gasteiger partial charge in [0.2, 0.25) is 5.91 Å². The fourth-order valence-corrected chi connectivity index (χ4v) is 5.09. The number of amides is 1. The second-order valence-electron chi connectivity index (χ2n) is 10.1. The predicted molar refractivity (Wildman–Crippen MR) is 134 cm³/mol. The summed E-state index contributed by atoms with van der Waals surface area (Å²) in [6, 6.07) is 11.2. The highest BCUT2D eigenvalue weighted by Gasteiger charge is 2.43. The molecule has 3 heterocycles. The van der Waals surface area contributed by atoms with Gasteiger partial charge in [0.25, 0.3) is 0 Å². The van der Waals surface area contributed by atoms with E-state index in [-0.39, 0.29) is 23.7 Å². The number of aryl methyl sites for hydroxylation is 1. The molecule has 1 aliphatic carbocycles. The molecule has 1 aromatic carbocycles. The van der Waals surface area contributed by atoms with Gasteiger partial charge in [0.15, 0.2) is 5.78 Å². The molecule has 2 aliphatic rings. The summed E-state index contributed by atoms with van der Waals surface area (Å²) in [6.45, 7) is 6.69. The first kappa shape index (κ1) is 23.0. The number of rotatable bonds is 6. The number of aromatic nitrogens is 2. The molecule has 1 unspecified atom stereocenters. The summed E-state index contributed by atoms with van der Waals surface area (Å²) in [7, 11) is 0. The minimum Gasteiger partial charge on any atom is -0.464 e. The van der Waals surface area contributed by atoms with E-state index in [1.54, 1.807) is 12.5 Å². The third-order valence-corrected chi connectivity index (χ3v) is 6.62. The minimum atomic E-state index is -0.503. The van der Waals surface area contributed by atoms with Gasteiger partial charge in [-0.2, -0.15) is 0 Å². The van der Waals surface area contributed by atoms with Crippen molar-refractivity contribution in [2.75, 3.05) is 23.3 Å². The lowest BCUT2D eigenvalue weighted by molar-refractivity contribution is -0.120. The van der Waals surface area contributed by atoms with E-state index >= 15 is 0 Å².